The summed E-state index contributed by atoms with van der Waals surface area (Å²) in [6, 6.07) is 12.9. The number of amides is 4. The summed E-state index contributed by atoms with van der Waals surface area (Å²) in [5.74, 6) is -1.12. The lowest BCUT2D eigenvalue weighted by Gasteiger charge is -2.35. The predicted octanol–water partition coefficient (Wildman–Crippen LogP) is 5.48. The predicted molar refractivity (Wildman–Crippen MR) is 371 cm³/mol. The fourth-order valence-corrected chi connectivity index (χ4v) is 13.4. The number of rotatable bonds is 33. The van der Waals surface area contributed by atoms with Crippen molar-refractivity contribution in [3.8, 4) is 28.7 Å². The zero-order chi connectivity index (χ0) is 75.2. The Morgan fingerprint density at radius 3 is 1.69 bits per heavy atom. The van der Waals surface area contributed by atoms with E-state index < -0.39 is 117 Å². The van der Waals surface area contributed by atoms with E-state index >= 15 is 0 Å². The van der Waals surface area contributed by atoms with E-state index in [-0.39, 0.29) is 180 Å². The Balaban J connectivity index is 0.798. The second-order valence-electron chi connectivity index (χ2n) is 26.5. The molecule has 5 heterocycles. The first-order chi connectivity index (χ1) is 50.5. The van der Waals surface area contributed by atoms with Crippen molar-refractivity contribution < 1.29 is 122 Å². The van der Waals surface area contributed by atoms with Gasteiger partial charge < -0.3 is 103 Å². The van der Waals surface area contributed by atoms with Crippen molar-refractivity contribution in [3.05, 3.63) is 134 Å². The normalized spacial score (nSPS) is 24.2. The zero-order valence-electron chi connectivity index (χ0n) is 58.7. The summed E-state index contributed by atoms with van der Waals surface area (Å²) in [6.07, 6.45) is -13.8. The van der Waals surface area contributed by atoms with E-state index in [0.29, 0.717) is 59.3 Å². The molecule has 4 aromatic carbocycles. The van der Waals surface area contributed by atoms with E-state index in [1.165, 1.54) is 72.6 Å². The highest BCUT2D eigenvalue weighted by Crippen LogP contribution is 2.44. The number of fused-ring (bicyclic) bond motifs is 4. The highest BCUT2D eigenvalue weighted by molar-refractivity contribution is 6.07. The number of aliphatic hydroxyl groups excluding tert-OH is 8. The first kappa shape index (κ1) is 78.6. The number of nitrogens with zero attached hydrogens (tertiary/aromatic N) is 7. The van der Waals surface area contributed by atoms with Crippen LogP contribution in [0.15, 0.2) is 90.1 Å². The summed E-state index contributed by atoms with van der Waals surface area (Å²) in [5, 5.41) is 90.0. The molecule has 10 rings (SSSR count). The number of ketones is 2. The number of hydrogen-bond donors (Lipinski definition) is 8. The molecule has 1 aliphatic carbocycles. The third-order valence-corrected chi connectivity index (χ3v) is 19.1. The molecule has 4 amide bonds. The Morgan fingerprint density at radius 2 is 1.11 bits per heavy atom. The molecule has 8 N–H and O–H groups in total. The quantitative estimate of drug-likeness (QED) is 0.00730. The molecule has 105 heavy (non-hydrogen) atoms. The van der Waals surface area contributed by atoms with E-state index in [4.69, 9.17) is 57.6 Å². The third kappa shape index (κ3) is 18.6. The van der Waals surface area contributed by atoms with E-state index in [2.05, 4.69) is 23.2 Å². The number of carbonyl (C=O) groups excluding carboxylic acids is 6. The Morgan fingerprint density at radius 1 is 0.581 bits per heavy atom. The minimum atomic E-state index is -1.66. The van der Waals surface area contributed by atoms with Crippen LogP contribution >= 0.6 is 0 Å². The van der Waals surface area contributed by atoms with Crippen molar-refractivity contribution >= 4 is 46.9 Å². The van der Waals surface area contributed by atoms with Crippen LogP contribution < -0.4 is 33.5 Å². The molecule has 0 spiro atoms. The minimum Gasteiger partial charge on any atom is -0.493 e. The Hall–Kier alpha value is -8.99. The van der Waals surface area contributed by atoms with Crippen molar-refractivity contribution in [3.63, 3.8) is 0 Å². The van der Waals surface area contributed by atoms with Gasteiger partial charge in [-0.25, -0.2) is 19.4 Å². The number of aliphatic hydroxyl groups is 8. The fourth-order valence-electron chi connectivity index (χ4n) is 13.4. The van der Waals surface area contributed by atoms with E-state index in [9.17, 15) is 69.6 Å². The van der Waals surface area contributed by atoms with Crippen LogP contribution in [0, 0.1) is 6.92 Å². The molecule has 6 aliphatic rings. The molecule has 5 aliphatic heterocycles. The number of Topliss-reactive ketones (excluding diaryl/α,β-unsaturated/α-hetero) is 2. The van der Waals surface area contributed by atoms with Gasteiger partial charge in [-0.1, -0.05) is 41.6 Å². The molecule has 4 fully saturated rings. The average molecular weight is 1470 g/mol. The molecule has 2 unspecified atom stereocenters. The number of aryl methyl sites for hydroxylation is 1. The molecular weight excluding hydrogens is 1370 g/mol. The maximum atomic E-state index is 14.6. The number of ether oxygens (including phenoxy) is 11. The number of anilines is 2. The summed E-state index contributed by atoms with van der Waals surface area (Å²) < 4.78 is 63.7. The number of unbranched alkanes of at least 4 members (excludes halogenated alkanes) is 2. The summed E-state index contributed by atoms with van der Waals surface area (Å²) >= 11 is 0. The number of hydrogen-bond acceptors (Lipinski definition) is 26. The van der Waals surface area contributed by atoms with Gasteiger partial charge >= 0.3 is 12.2 Å². The van der Waals surface area contributed by atoms with Gasteiger partial charge in [-0.05, 0) is 123 Å². The van der Waals surface area contributed by atoms with Gasteiger partial charge in [0.15, 0.2) is 35.5 Å². The Kier molecular flexibility index (Phi) is 27.2. The van der Waals surface area contributed by atoms with Crippen LogP contribution in [-0.4, -0.2) is 246 Å². The molecule has 568 valence electrons. The zero-order valence-corrected chi connectivity index (χ0v) is 58.7. The van der Waals surface area contributed by atoms with Crippen LogP contribution in [-0.2, 0) is 41.6 Å². The standard InChI is InChI=1S/C73H91N7O25/c1-40-27-51-69(91)79(72(93)102-37-43-13-16-57(104-59-18-15-55(83)63(85)65(59)87)47(30-43)54(82)12-10-21-97-25-26-98-24-19-75-76-74)49-33-60(42(3)29-45(49)67(89)77(51)35-40)99-22-7-6-8-23-100-62-34-50-46(32-61(62)96-5)68(90)78-36-41(2)28-52(78)70(92)80(50)73(94)103-38-44-14-17-58(48(31-44)53(81)11-9-20-95-4)105-71-66(88)64(86)56(84)39-101-71/h13-14,16-17,29-34,51-52,55-56,59,63-66,69-71,83-88,91-92H,1-2,6-12,15,18-28,35-39H2,3-5H3/t51-,52-,55+,56+,59+,63-,64-,65-,66+,69?,70?,71-/m0/s1. The first-order valence-corrected chi connectivity index (χ1v) is 34.9. The lowest BCUT2D eigenvalue weighted by Crippen LogP contribution is -2.54. The van der Waals surface area contributed by atoms with Crippen LogP contribution in [0.5, 0.6) is 28.7 Å². The largest absolute Gasteiger partial charge is 0.493 e. The molecule has 0 radical (unpaired) electrons. The first-order valence-electron chi connectivity index (χ1n) is 34.9. The van der Waals surface area contributed by atoms with Gasteiger partial charge in [0.2, 0.25) is 6.29 Å². The van der Waals surface area contributed by atoms with Gasteiger partial charge in [0.05, 0.1) is 98.6 Å². The van der Waals surface area contributed by atoms with Gasteiger partial charge in [-0.3, -0.25) is 19.2 Å². The van der Waals surface area contributed by atoms with Gasteiger partial charge in [0.25, 0.3) is 11.8 Å². The molecular formula is C73H91N7O25. The van der Waals surface area contributed by atoms with Crippen LogP contribution in [0.4, 0.5) is 21.0 Å². The van der Waals surface area contributed by atoms with Crippen molar-refractivity contribution in [1.29, 1.82) is 0 Å². The van der Waals surface area contributed by atoms with E-state index in [0.717, 1.165) is 9.80 Å². The highest BCUT2D eigenvalue weighted by Gasteiger charge is 2.49. The molecule has 1 saturated carbocycles. The maximum Gasteiger partial charge on any atom is 0.416 e. The molecule has 32 heteroatoms. The van der Waals surface area contributed by atoms with Crippen molar-refractivity contribution in [2.45, 2.75) is 164 Å². The van der Waals surface area contributed by atoms with Crippen LogP contribution in [0.2, 0.25) is 0 Å². The topological polar surface area (TPSA) is 428 Å². The minimum absolute atomic E-state index is 0.00433. The van der Waals surface area contributed by atoms with Crippen LogP contribution in [0.25, 0.3) is 10.4 Å². The van der Waals surface area contributed by atoms with E-state index in [1.807, 2.05) is 0 Å². The average Bonchev–Trinajstić information content (AvgIpc) is 1.62. The lowest BCUT2D eigenvalue weighted by molar-refractivity contribution is -0.242. The maximum absolute atomic E-state index is 14.6. The highest BCUT2D eigenvalue weighted by atomic mass is 16.7. The fraction of sp³-hybridized carbons (Fsp3) is 0.534. The SMILES string of the molecule is C=C1C[C@H]2C(O)N(C(=O)OCc3ccc(O[C@@H]4CC[C@@H](O)[C@H](O)[C@H]4O)c(C(=O)CCCOCCOCCN=[N+]=[N-])c3)c3cc(OCCCCCOc4cc5c(cc4OC)C(=O)N4CC(=C)C[C@H]4C(O)N5C(=O)OCc4ccc(O[C@@H]5OC[C@@H](O)[C@H](O)[C@H]5O)c(C(=O)CCCOC)c4)c(C)cc3C(=O)N2C1. The van der Waals surface area contributed by atoms with Crippen LogP contribution in [0.1, 0.15) is 129 Å². The van der Waals surface area contributed by atoms with Gasteiger partial charge in [-0.15, -0.1) is 0 Å². The monoisotopic (exact) mass is 1470 g/mol. The molecule has 0 bridgehead atoms. The van der Waals surface area contributed by atoms with Gasteiger partial charge in [-0.2, -0.15) is 0 Å². The summed E-state index contributed by atoms with van der Waals surface area (Å²) in [4.78, 5) is 93.0. The summed E-state index contributed by atoms with van der Waals surface area (Å²) in [7, 11) is 2.88. The summed E-state index contributed by atoms with van der Waals surface area (Å²) in [5.41, 5.74) is 11.1. The molecule has 32 nitrogen and oxygen atoms in total. The molecule has 3 saturated heterocycles. The lowest BCUT2D eigenvalue weighted by atomic mass is 9.89. The number of methoxy groups -OCH3 is 2. The third-order valence-electron chi connectivity index (χ3n) is 19.1. The van der Waals surface area contributed by atoms with Crippen molar-refractivity contribution in [2.75, 3.05) is 96.5 Å². The van der Waals surface area contributed by atoms with Crippen LogP contribution in [0.3, 0.4) is 0 Å². The van der Waals surface area contributed by atoms with Crippen molar-refractivity contribution in [2.24, 2.45) is 5.11 Å². The van der Waals surface area contributed by atoms with E-state index in [1.54, 1.807) is 19.1 Å². The van der Waals surface area contributed by atoms with Gasteiger partial charge in [0, 0.05) is 69.8 Å². The molecule has 4 aromatic rings. The second kappa shape index (κ2) is 36.3. The Bertz CT molecular complexity index is 3870. The number of benzene rings is 4. The Labute approximate surface area is 605 Å². The summed E-state index contributed by atoms with van der Waals surface area (Å²) in [6.45, 7) is 10.4. The molecule has 12 atom stereocenters. The van der Waals surface area contributed by atoms with Gasteiger partial charge in [0.1, 0.15) is 67.1 Å². The second-order valence-corrected chi connectivity index (χ2v) is 26.5. The molecule has 0 aromatic heterocycles. The number of carbonyl (C=O) groups is 6. The van der Waals surface area contributed by atoms with Crippen molar-refractivity contribution in [1.82, 2.24) is 9.80 Å². The smallest absolute Gasteiger partial charge is 0.416 e. The number of azide groups is 1.